The number of aromatic carboxylic acids is 1. The molecule has 1 aromatic heterocycles. The smallest absolute Gasteiger partial charge is 0.417 e. The van der Waals surface area contributed by atoms with Crippen LogP contribution in [0.5, 0.6) is 0 Å². The summed E-state index contributed by atoms with van der Waals surface area (Å²) in [5.41, 5.74) is 2.19. The average Bonchev–Trinajstić information content (AvgIpc) is 2.45. The third kappa shape index (κ3) is 2.76. The van der Waals surface area contributed by atoms with E-state index in [9.17, 15) is 22.8 Å². The first kappa shape index (κ1) is 15.5. The molecule has 0 aliphatic heterocycles. The zero-order valence-corrected chi connectivity index (χ0v) is 10.9. The average molecular weight is 310 g/mol. The predicted octanol–water partition coefficient (Wildman–Crippen LogP) is 2.61. The van der Waals surface area contributed by atoms with Gasteiger partial charge in [0.2, 0.25) is 0 Å². The normalized spacial score (nSPS) is 11.2. The summed E-state index contributed by atoms with van der Waals surface area (Å²) in [4.78, 5) is 27.0. The van der Waals surface area contributed by atoms with E-state index in [1.807, 2.05) is 0 Å². The third-order valence-corrected chi connectivity index (χ3v) is 2.89. The zero-order chi connectivity index (χ0) is 16.5. The van der Waals surface area contributed by atoms with Crippen molar-refractivity contribution in [1.29, 1.82) is 0 Å². The van der Waals surface area contributed by atoms with Crippen LogP contribution in [0.3, 0.4) is 0 Å². The van der Waals surface area contributed by atoms with Crippen molar-refractivity contribution in [1.82, 2.24) is 4.98 Å². The molecule has 0 bridgehead atoms. The first-order valence-corrected chi connectivity index (χ1v) is 5.92. The van der Waals surface area contributed by atoms with Crippen LogP contribution in [-0.4, -0.2) is 21.8 Å². The van der Waals surface area contributed by atoms with Crippen molar-refractivity contribution < 1.29 is 27.9 Å². The largest absolute Gasteiger partial charge is 0.476 e. The number of ketones is 1. The number of rotatable bonds is 3. The number of anilines is 1. The van der Waals surface area contributed by atoms with Crippen molar-refractivity contribution in [2.24, 2.45) is 0 Å². The number of halogens is 3. The van der Waals surface area contributed by atoms with Gasteiger partial charge in [-0.25, -0.2) is 9.78 Å². The number of nitrogen functional groups attached to an aromatic ring is 1. The quantitative estimate of drug-likeness (QED) is 0.850. The topological polar surface area (TPSA) is 93.3 Å². The van der Waals surface area contributed by atoms with E-state index in [0.29, 0.717) is 0 Å². The number of nitrogens with zero attached hydrogens (tertiary/aromatic N) is 1. The van der Waals surface area contributed by atoms with Gasteiger partial charge in [-0.1, -0.05) is 18.2 Å². The van der Waals surface area contributed by atoms with Crippen molar-refractivity contribution in [2.45, 2.75) is 6.18 Å². The highest BCUT2D eigenvalue weighted by Crippen LogP contribution is 2.33. The van der Waals surface area contributed by atoms with Gasteiger partial charge in [-0.15, -0.1) is 0 Å². The van der Waals surface area contributed by atoms with Crippen LogP contribution in [0.15, 0.2) is 36.5 Å². The van der Waals surface area contributed by atoms with Crippen LogP contribution in [0.25, 0.3) is 0 Å². The number of alkyl halides is 3. The van der Waals surface area contributed by atoms with Crippen molar-refractivity contribution in [2.75, 3.05) is 5.73 Å². The van der Waals surface area contributed by atoms with Gasteiger partial charge in [-0.2, -0.15) is 13.2 Å². The molecular formula is C14H9F3N2O3. The number of carboxylic acid groups (broad SMARTS) is 1. The Balaban J connectivity index is 2.68. The predicted molar refractivity (Wildman–Crippen MR) is 70.5 cm³/mol. The minimum absolute atomic E-state index is 0.255. The molecule has 0 aliphatic carbocycles. The summed E-state index contributed by atoms with van der Waals surface area (Å²) in [6.07, 6.45) is -3.70. The fraction of sp³-hybridized carbons (Fsp3) is 0.0714. The number of pyridine rings is 1. The number of nitrogens with two attached hydrogens (primary N) is 1. The Kier molecular flexibility index (Phi) is 3.85. The van der Waals surface area contributed by atoms with E-state index >= 15 is 0 Å². The zero-order valence-electron chi connectivity index (χ0n) is 10.9. The molecule has 5 nitrogen and oxygen atoms in total. The van der Waals surface area contributed by atoms with Gasteiger partial charge in [0, 0.05) is 17.4 Å². The molecule has 2 rings (SSSR count). The maximum absolute atomic E-state index is 13.0. The van der Waals surface area contributed by atoms with Crippen molar-refractivity contribution in [3.05, 3.63) is 58.9 Å². The van der Waals surface area contributed by atoms with Crippen LogP contribution >= 0.6 is 0 Å². The fourth-order valence-electron chi connectivity index (χ4n) is 1.94. The lowest BCUT2D eigenvalue weighted by Crippen LogP contribution is -2.18. The highest BCUT2D eigenvalue weighted by molar-refractivity contribution is 6.17. The number of carbonyl (C=O) groups excluding carboxylic acids is 1. The second-order valence-corrected chi connectivity index (χ2v) is 4.30. The Labute approximate surface area is 122 Å². The number of carbonyl (C=O) groups is 2. The Bertz CT molecular complexity index is 757. The Hall–Kier alpha value is -2.90. The number of aromatic nitrogens is 1. The molecule has 2 aromatic rings. The van der Waals surface area contributed by atoms with Crippen LogP contribution in [0.1, 0.15) is 32.0 Å². The van der Waals surface area contributed by atoms with Gasteiger partial charge in [0.15, 0.2) is 11.5 Å². The van der Waals surface area contributed by atoms with Crippen molar-refractivity contribution in [3.8, 4) is 0 Å². The lowest BCUT2D eigenvalue weighted by atomic mass is 9.96. The molecule has 0 spiro atoms. The van der Waals surface area contributed by atoms with Crippen molar-refractivity contribution >= 4 is 17.4 Å². The molecule has 0 atom stereocenters. The van der Waals surface area contributed by atoms with Gasteiger partial charge in [-0.3, -0.25) is 4.79 Å². The summed E-state index contributed by atoms with van der Waals surface area (Å²) in [6.45, 7) is 0. The van der Waals surface area contributed by atoms with Gasteiger partial charge >= 0.3 is 12.1 Å². The monoisotopic (exact) mass is 310 g/mol. The van der Waals surface area contributed by atoms with Gasteiger partial charge < -0.3 is 10.8 Å². The highest BCUT2D eigenvalue weighted by atomic mass is 19.4. The fourth-order valence-corrected chi connectivity index (χ4v) is 1.94. The molecule has 0 saturated heterocycles. The molecular weight excluding hydrogens is 301 g/mol. The Morgan fingerprint density at radius 2 is 1.77 bits per heavy atom. The minimum atomic E-state index is -4.76. The van der Waals surface area contributed by atoms with E-state index in [1.54, 1.807) is 0 Å². The Morgan fingerprint density at radius 1 is 1.14 bits per heavy atom. The highest BCUT2D eigenvalue weighted by Gasteiger charge is 2.36. The molecule has 0 fully saturated rings. The molecule has 1 heterocycles. The molecule has 3 N–H and O–H groups in total. The van der Waals surface area contributed by atoms with Gasteiger partial charge in [0.1, 0.15) is 0 Å². The van der Waals surface area contributed by atoms with E-state index in [2.05, 4.69) is 4.98 Å². The van der Waals surface area contributed by atoms with Gasteiger partial charge in [-0.05, 0) is 12.1 Å². The van der Waals surface area contributed by atoms with E-state index in [-0.39, 0.29) is 5.69 Å². The molecule has 0 aliphatic rings. The molecule has 1 aromatic carbocycles. The summed E-state index contributed by atoms with van der Waals surface area (Å²) in [5.74, 6) is -2.70. The van der Waals surface area contributed by atoms with E-state index in [4.69, 9.17) is 10.8 Å². The van der Waals surface area contributed by atoms with Crippen LogP contribution in [0.4, 0.5) is 18.9 Å². The maximum Gasteiger partial charge on any atom is 0.417 e. The molecule has 0 radical (unpaired) electrons. The van der Waals surface area contributed by atoms with E-state index < -0.39 is 40.3 Å². The third-order valence-electron chi connectivity index (χ3n) is 2.89. The van der Waals surface area contributed by atoms with E-state index in [0.717, 1.165) is 30.5 Å². The molecule has 0 amide bonds. The summed E-state index contributed by atoms with van der Waals surface area (Å²) in [6, 6.07) is 5.22. The number of carboxylic acids is 1. The first-order chi connectivity index (χ1) is 10.2. The van der Waals surface area contributed by atoms with Crippen LogP contribution in [0.2, 0.25) is 0 Å². The summed E-state index contributed by atoms with van der Waals surface area (Å²) in [5, 5.41) is 9.02. The molecule has 114 valence electrons. The Morgan fingerprint density at radius 3 is 2.36 bits per heavy atom. The molecule has 22 heavy (non-hydrogen) atoms. The van der Waals surface area contributed by atoms with Gasteiger partial charge in [0.25, 0.3) is 0 Å². The molecule has 0 unspecified atom stereocenters. The second-order valence-electron chi connectivity index (χ2n) is 4.30. The second kappa shape index (κ2) is 5.47. The summed E-state index contributed by atoms with van der Waals surface area (Å²) < 4.78 is 38.9. The van der Waals surface area contributed by atoms with Crippen LogP contribution in [-0.2, 0) is 6.18 Å². The van der Waals surface area contributed by atoms with Crippen LogP contribution < -0.4 is 5.73 Å². The van der Waals surface area contributed by atoms with E-state index in [1.165, 1.54) is 6.07 Å². The number of benzene rings is 1. The van der Waals surface area contributed by atoms with Crippen molar-refractivity contribution in [3.63, 3.8) is 0 Å². The summed E-state index contributed by atoms with van der Waals surface area (Å²) >= 11 is 0. The lowest BCUT2D eigenvalue weighted by Gasteiger charge is -2.13. The first-order valence-electron chi connectivity index (χ1n) is 5.92. The summed E-state index contributed by atoms with van der Waals surface area (Å²) in [7, 11) is 0. The number of hydrogen-bond acceptors (Lipinski definition) is 4. The SMILES string of the molecule is Nc1ccnc(C(=O)O)c1C(=O)c1ccccc1C(F)(F)F. The standard InChI is InChI=1S/C14H9F3N2O3/c15-14(16,17)8-4-2-1-3-7(8)12(20)10-9(18)5-6-19-11(10)13(21)22/h1-6H,(H2,18,19)(H,21,22). The van der Waals surface area contributed by atoms with Crippen LogP contribution in [0, 0.1) is 0 Å². The minimum Gasteiger partial charge on any atom is -0.476 e. The molecule has 8 heteroatoms. The lowest BCUT2D eigenvalue weighted by molar-refractivity contribution is -0.137. The van der Waals surface area contributed by atoms with Gasteiger partial charge in [0.05, 0.1) is 11.1 Å². The number of hydrogen-bond donors (Lipinski definition) is 2. The molecule has 0 saturated carbocycles. The maximum atomic E-state index is 13.0.